The highest BCUT2D eigenvalue weighted by Crippen LogP contribution is 2.48. The van der Waals surface area contributed by atoms with Gasteiger partial charge in [0.15, 0.2) is 0 Å². The van der Waals surface area contributed by atoms with E-state index in [9.17, 15) is 5.11 Å². The average Bonchev–Trinajstić information content (AvgIpc) is 2.49. The largest absolute Gasteiger partial charge is 0.387 e. The van der Waals surface area contributed by atoms with Gasteiger partial charge in [-0.25, -0.2) is 0 Å². The summed E-state index contributed by atoms with van der Waals surface area (Å²) < 4.78 is 5.08. The van der Waals surface area contributed by atoms with Gasteiger partial charge in [0.1, 0.15) is 0 Å². The summed E-state index contributed by atoms with van der Waals surface area (Å²) in [5.74, 6) is 0.668. The van der Waals surface area contributed by atoms with Crippen LogP contribution in [0.1, 0.15) is 33.1 Å². The molecule has 0 aromatic carbocycles. The minimum Gasteiger partial charge on any atom is -0.387 e. The van der Waals surface area contributed by atoms with Gasteiger partial charge in [-0.2, -0.15) is 0 Å². The molecule has 0 amide bonds. The van der Waals surface area contributed by atoms with E-state index < -0.39 is 5.60 Å². The van der Waals surface area contributed by atoms with E-state index in [0.717, 1.165) is 19.3 Å². The summed E-state index contributed by atoms with van der Waals surface area (Å²) >= 11 is 0. The Morgan fingerprint density at radius 3 is 2.64 bits per heavy atom. The maximum atomic E-state index is 10.4. The first kappa shape index (κ1) is 12.0. The topological polar surface area (TPSA) is 55.5 Å². The first-order chi connectivity index (χ1) is 6.47. The third kappa shape index (κ3) is 1.95. The minimum atomic E-state index is -0.790. The molecule has 3 heteroatoms. The molecule has 0 spiro atoms. The van der Waals surface area contributed by atoms with Crippen molar-refractivity contribution in [2.24, 2.45) is 17.1 Å². The van der Waals surface area contributed by atoms with Crippen molar-refractivity contribution in [1.29, 1.82) is 0 Å². The van der Waals surface area contributed by atoms with Gasteiger partial charge in [0.2, 0.25) is 0 Å². The molecule has 84 valence electrons. The highest BCUT2D eigenvalue weighted by molar-refractivity contribution is 5.01. The zero-order valence-electron chi connectivity index (χ0n) is 9.55. The summed E-state index contributed by atoms with van der Waals surface area (Å²) in [7, 11) is 1.62. The normalized spacial score (nSPS) is 37.1. The van der Waals surface area contributed by atoms with Gasteiger partial charge < -0.3 is 15.6 Å². The first-order valence-electron chi connectivity index (χ1n) is 5.39. The molecule has 3 atom stereocenters. The Hall–Kier alpha value is -0.120. The molecule has 0 saturated heterocycles. The van der Waals surface area contributed by atoms with Gasteiger partial charge in [-0.3, -0.25) is 0 Å². The van der Waals surface area contributed by atoms with Crippen LogP contribution in [0.5, 0.6) is 0 Å². The molecule has 0 bridgehead atoms. The zero-order valence-corrected chi connectivity index (χ0v) is 9.55. The number of nitrogens with two attached hydrogens (primary N) is 1. The second kappa shape index (κ2) is 4.17. The van der Waals surface area contributed by atoms with Crippen molar-refractivity contribution in [2.75, 3.05) is 20.3 Å². The van der Waals surface area contributed by atoms with Crippen LogP contribution in [-0.4, -0.2) is 31.0 Å². The summed E-state index contributed by atoms with van der Waals surface area (Å²) in [5, 5.41) is 10.4. The van der Waals surface area contributed by atoms with Crippen LogP contribution in [0.4, 0.5) is 0 Å². The lowest BCUT2D eigenvalue weighted by Crippen LogP contribution is -2.52. The molecule has 3 nitrogen and oxygen atoms in total. The Bertz CT molecular complexity index is 194. The Labute approximate surface area is 86.6 Å². The number of hydrogen-bond donors (Lipinski definition) is 2. The Kier molecular flexibility index (Phi) is 3.56. The van der Waals surface area contributed by atoms with E-state index in [4.69, 9.17) is 10.5 Å². The maximum absolute atomic E-state index is 10.4. The van der Waals surface area contributed by atoms with Crippen molar-refractivity contribution in [3.8, 4) is 0 Å². The molecular weight excluding hydrogens is 178 g/mol. The van der Waals surface area contributed by atoms with Gasteiger partial charge in [0.05, 0.1) is 12.2 Å². The average molecular weight is 201 g/mol. The molecular formula is C11H23NO2. The molecule has 0 heterocycles. The van der Waals surface area contributed by atoms with E-state index in [2.05, 4.69) is 6.92 Å². The Morgan fingerprint density at radius 1 is 1.64 bits per heavy atom. The van der Waals surface area contributed by atoms with Gasteiger partial charge in [0, 0.05) is 19.1 Å². The van der Waals surface area contributed by atoms with E-state index in [-0.39, 0.29) is 5.41 Å². The fraction of sp³-hybridized carbons (Fsp3) is 1.00. The SMILES string of the molecule is COCC(C)(O)C1(CN)CCC(C)C1. The van der Waals surface area contributed by atoms with E-state index in [1.807, 2.05) is 6.92 Å². The van der Waals surface area contributed by atoms with Gasteiger partial charge in [-0.05, 0) is 25.7 Å². The molecule has 0 aromatic rings. The van der Waals surface area contributed by atoms with Crippen LogP contribution in [0.15, 0.2) is 0 Å². The summed E-state index contributed by atoms with van der Waals surface area (Å²) in [5.41, 5.74) is 4.90. The summed E-state index contributed by atoms with van der Waals surface area (Å²) in [6.45, 7) is 4.99. The fourth-order valence-electron chi connectivity index (χ4n) is 2.72. The van der Waals surface area contributed by atoms with Crippen LogP contribution in [0, 0.1) is 11.3 Å². The molecule has 1 fully saturated rings. The third-order valence-electron chi connectivity index (χ3n) is 3.81. The third-order valence-corrected chi connectivity index (χ3v) is 3.81. The van der Waals surface area contributed by atoms with Crippen LogP contribution in [-0.2, 0) is 4.74 Å². The quantitative estimate of drug-likeness (QED) is 0.717. The Morgan fingerprint density at radius 2 is 2.29 bits per heavy atom. The summed E-state index contributed by atoms with van der Waals surface area (Å²) in [6.07, 6.45) is 3.19. The monoisotopic (exact) mass is 201 g/mol. The second-order valence-corrected chi connectivity index (χ2v) is 5.04. The zero-order chi connectivity index (χ0) is 10.8. The molecule has 0 aromatic heterocycles. The number of rotatable bonds is 4. The van der Waals surface area contributed by atoms with Crippen molar-refractivity contribution in [2.45, 2.75) is 38.7 Å². The molecule has 14 heavy (non-hydrogen) atoms. The predicted molar refractivity (Wildman–Crippen MR) is 57.0 cm³/mol. The van der Waals surface area contributed by atoms with E-state index in [1.165, 1.54) is 0 Å². The standard InChI is InChI=1S/C11H23NO2/c1-9-4-5-11(6-9,7-12)10(2,13)8-14-3/h9,13H,4-8,12H2,1-3H3. The lowest BCUT2D eigenvalue weighted by Gasteiger charge is -2.42. The highest BCUT2D eigenvalue weighted by atomic mass is 16.5. The van der Waals surface area contributed by atoms with Crippen LogP contribution in [0.25, 0.3) is 0 Å². The smallest absolute Gasteiger partial charge is 0.0919 e. The molecule has 0 aliphatic heterocycles. The predicted octanol–water partition coefficient (Wildman–Crippen LogP) is 1.15. The summed E-state index contributed by atoms with van der Waals surface area (Å²) in [4.78, 5) is 0. The van der Waals surface area contributed by atoms with Crippen molar-refractivity contribution < 1.29 is 9.84 Å². The molecule has 1 saturated carbocycles. The van der Waals surface area contributed by atoms with Crippen LogP contribution in [0.2, 0.25) is 0 Å². The van der Waals surface area contributed by atoms with Crippen molar-refractivity contribution in [1.82, 2.24) is 0 Å². The van der Waals surface area contributed by atoms with Gasteiger partial charge in [0.25, 0.3) is 0 Å². The van der Waals surface area contributed by atoms with Crippen molar-refractivity contribution >= 4 is 0 Å². The molecule has 1 rings (SSSR count). The number of hydrogen-bond acceptors (Lipinski definition) is 3. The van der Waals surface area contributed by atoms with E-state index >= 15 is 0 Å². The second-order valence-electron chi connectivity index (χ2n) is 5.04. The lowest BCUT2D eigenvalue weighted by atomic mass is 9.71. The molecule has 3 unspecified atom stereocenters. The van der Waals surface area contributed by atoms with Crippen molar-refractivity contribution in [3.63, 3.8) is 0 Å². The maximum Gasteiger partial charge on any atom is 0.0919 e. The highest BCUT2D eigenvalue weighted by Gasteiger charge is 2.49. The minimum absolute atomic E-state index is 0.136. The number of ether oxygens (including phenoxy) is 1. The summed E-state index contributed by atoms with van der Waals surface area (Å²) in [6, 6.07) is 0. The fourth-order valence-corrected chi connectivity index (χ4v) is 2.72. The van der Waals surface area contributed by atoms with Crippen LogP contribution in [0.3, 0.4) is 0 Å². The van der Waals surface area contributed by atoms with Gasteiger partial charge in [-0.1, -0.05) is 13.3 Å². The number of aliphatic hydroxyl groups is 1. The van der Waals surface area contributed by atoms with Gasteiger partial charge in [-0.15, -0.1) is 0 Å². The molecule has 1 aliphatic rings. The van der Waals surface area contributed by atoms with Crippen LogP contribution >= 0.6 is 0 Å². The van der Waals surface area contributed by atoms with Gasteiger partial charge >= 0.3 is 0 Å². The Balaban J connectivity index is 2.78. The first-order valence-corrected chi connectivity index (χ1v) is 5.39. The van der Waals surface area contributed by atoms with E-state index in [1.54, 1.807) is 7.11 Å². The number of methoxy groups -OCH3 is 1. The lowest BCUT2D eigenvalue weighted by molar-refractivity contribution is -0.108. The molecule has 1 aliphatic carbocycles. The van der Waals surface area contributed by atoms with Crippen molar-refractivity contribution in [3.05, 3.63) is 0 Å². The van der Waals surface area contributed by atoms with E-state index in [0.29, 0.717) is 19.1 Å². The van der Waals surface area contributed by atoms with Crippen LogP contribution < -0.4 is 5.73 Å². The molecule has 0 radical (unpaired) electrons. The molecule has 3 N–H and O–H groups in total.